The molecule has 10 nitrogen and oxygen atoms in total. The Morgan fingerprint density at radius 3 is 1.56 bits per heavy atom. The third kappa shape index (κ3) is 8.62. The molecule has 0 aliphatic carbocycles. The van der Waals surface area contributed by atoms with Gasteiger partial charge in [-0.25, -0.2) is 0 Å². The average Bonchev–Trinajstić information content (AvgIpc) is 3.02. The zero-order chi connectivity index (χ0) is 30.8. The van der Waals surface area contributed by atoms with Crippen molar-refractivity contribution >= 4 is 11.9 Å². The zero-order valence-electron chi connectivity index (χ0n) is 25.3. The van der Waals surface area contributed by atoms with E-state index in [1.165, 1.54) is 16.7 Å². The Kier molecular flexibility index (Phi) is 11.2. The van der Waals surface area contributed by atoms with Gasteiger partial charge in [-0.15, -0.1) is 0 Å². The smallest absolute Gasteiger partial charge is 0.320 e. The summed E-state index contributed by atoms with van der Waals surface area (Å²) >= 11 is 0. The van der Waals surface area contributed by atoms with E-state index in [4.69, 9.17) is 28.8 Å². The summed E-state index contributed by atoms with van der Waals surface area (Å²) in [4.78, 5) is 26.8. The molecule has 2 heterocycles. The fraction of sp³-hybridized carbons (Fsp3) is 0.394. The predicted molar refractivity (Wildman–Crippen MR) is 161 cm³/mol. The van der Waals surface area contributed by atoms with Crippen LogP contribution in [-0.4, -0.2) is 81.5 Å². The van der Waals surface area contributed by atoms with E-state index >= 15 is 0 Å². The highest BCUT2D eigenvalue weighted by Crippen LogP contribution is 2.34. The van der Waals surface area contributed by atoms with Crippen molar-refractivity contribution in [1.29, 1.82) is 0 Å². The molecule has 0 spiro atoms. The molecule has 0 aromatic heterocycles. The number of carbonyl (C=O) groups is 2. The lowest BCUT2D eigenvalue weighted by atomic mass is 9.99. The summed E-state index contributed by atoms with van der Waals surface area (Å²) < 4.78 is 26.6. The molecule has 0 amide bonds. The van der Waals surface area contributed by atoms with Gasteiger partial charge in [0.2, 0.25) is 0 Å². The van der Waals surface area contributed by atoms with Crippen LogP contribution in [0.25, 0.3) is 0 Å². The SMILES string of the molecule is COc1cc2c(cc1OC)CN(CC(=O)O)CC2.COc1cc2c(cc1OC)CN(CC(=O)OCc1ccccc1)CC2. The van der Waals surface area contributed by atoms with Crippen LogP contribution < -0.4 is 18.9 Å². The molecule has 0 bridgehead atoms. The number of ether oxygens (including phenoxy) is 5. The summed E-state index contributed by atoms with van der Waals surface area (Å²) in [5.74, 6) is 1.88. The van der Waals surface area contributed by atoms with Gasteiger partial charge < -0.3 is 28.8 Å². The fourth-order valence-electron chi connectivity index (χ4n) is 5.31. The van der Waals surface area contributed by atoms with Gasteiger partial charge in [-0.3, -0.25) is 19.4 Å². The first-order valence-corrected chi connectivity index (χ1v) is 14.2. The Labute approximate surface area is 252 Å². The first-order valence-electron chi connectivity index (χ1n) is 14.2. The third-order valence-corrected chi connectivity index (χ3v) is 7.55. The van der Waals surface area contributed by atoms with Crippen LogP contribution in [-0.2, 0) is 46.9 Å². The highest BCUT2D eigenvalue weighted by Gasteiger charge is 2.22. The molecule has 3 aromatic rings. The number of carboxylic acids is 1. The summed E-state index contributed by atoms with van der Waals surface area (Å²) in [6, 6.07) is 17.6. The minimum absolute atomic E-state index is 0.0772. The molecule has 0 radical (unpaired) electrons. The maximum Gasteiger partial charge on any atom is 0.320 e. The van der Waals surface area contributed by atoms with E-state index in [9.17, 15) is 9.59 Å². The van der Waals surface area contributed by atoms with Gasteiger partial charge in [-0.2, -0.15) is 0 Å². The topological polar surface area (TPSA) is 107 Å². The average molecular weight is 593 g/mol. The number of benzene rings is 3. The lowest BCUT2D eigenvalue weighted by molar-refractivity contribution is -0.146. The van der Waals surface area contributed by atoms with Crippen LogP contribution in [0, 0.1) is 0 Å². The van der Waals surface area contributed by atoms with Gasteiger partial charge in [-0.05, 0) is 64.9 Å². The molecule has 230 valence electrons. The van der Waals surface area contributed by atoms with Gasteiger partial charge in [0.05, 0.1) is 41.5 Å². The number of carbonyl (C=O) groups excluding carboxylic acids is 1. The number of aliphatic carboxylic acids is 1. The van der Waals surface area contributed by atoms with Crippen LogP contribution >= 0.6 is 0 Å². The van der Waals surface area contributed by atoms with Crippen LogP contribution in [0.2, 0.25) is 0 Å². The van der Waals surface area contributed by atoms with Crippen molar-refractivity contribution in [3.05, 3.63) is 82.4 Å². The van der Waals surface area contributed by atoms with Gasteiger partial charge in [0.1, 0.15) is 6.61 Å². The van der Waals surface area contributed by atoms with Crippen molar-refractivity contribution < 1.29 is 38.4 Å². The summed E-state index contributed by atoms with van der Waals surface area (Å²) in [5.41, 5.74) is 5.72. The molecule has 3 aromatic carbocycles. The van der Waals surface area contributed by atoms with Crippen molar-refractivity contribution in [3.63, 3.8) is 0 Å². The van der Waals surface area contributed by atoms with Crippen LogP contribution in [0.15, 0.2) is 54.6 Å². The van der Waals surface area contributed by atoms with Crippen molar-refractivity contribution in [2.24, 2.45) is 0 Å². The number of hydrogen-bond donors (Lipinski definition) is 1. The van der Waals surface area contributed by atoms with E-state index in [-0.39, 0.29) is 12.5 Å². The highest BCUT2D eigenvalue weighted by molar-refractivity contribution is 5.71. The number of nitrogens with zero attached hydrogens (tertiary/aromatic N) is 2. The number of fused-ring (bicyclic) bond motifs is 2. The summed E-state index contributed by atoms with van der Waals surface area (Å²) in [6.45, 7) is 3.61. The van der Waals surface area contributed by atoms with Crippen LogP contribution in [0.1, 0.15) is 27.8 Å². The molecule has 0 atom stereocenters. The number of hydrogen-bond acceptors (Lipinski definition) is 9. The normalized spacial score (nSPS) is 14.3. The second-order valence-corrected chi connectivity index (χ2v) is 10.4. The van der Waals surface area contributed by atoms with E-state index in [0.29, 0.717) is 32.0 Å². The van der Waals surface area contributed by atoms with Gasteiger partial charge in [0.25, 0.3) is 0 Å². The molecule has 43 heavy (non-hydrogen) atoms. The first kappa shape index (κ1) is 31.7. The number of methoxy groups -OCH3 is 4. The van der Waals surface area contributed by atoms with Gasteiger partial charge in [0.15, 0.2) is 23.0 Å². The molecule has 2 aliphatic heterocycles. The number of esters is 1. The summed E-state index contributed by atoms with van der Waals surface area (Å²) in [6.07, 6.45) is 1.71. The van der Waals surface area contributed by atoms with Crippen molar-refractivity contribution in [2.45, 2.75) is 32.5 Å². The van der Waals surface area contributed by atoms with Crippen LogP contribution in [0.4, 0.5) is 0 Å². The van der Waals surface area contributed by atoms with Crippen molar-refractivity contribution in [2.75, 3.05) is 54.6 Å². The summed E-state index contributed by atoms with van der Waals surface area (Å²) in [7, 11) is 6.49. The van der Waals surface area contributed by atoms with E-state index in [1.807, 2.05) is 59.5 Å². The maximum atomic E-state index is 12.1. The van der Waals surface area contributed by atoms with Crippen LogP contribution in [0.5, 0.6) is 23.0 Å². The lowest BCUT2D eigenvalue weighted by Crippen LogP contribution is -2.35. The largest absolute Gasteiger partial charge is 0.493 e. The molecule has 0 saturated heterocycles. The van der Waals surface area contributed by atoms with Crippen LogP contribution in [0.3, 0.4) is 0 Å². The molecule has 10 heteroatoms. The number of carboxylic acid groups (broad SMARTS) is 1. The Bertz CT molecular complexity index is 1400. The molecule has 0 unspecified atom stereocenters. The molecule has 1 N–H and O–H groups in total. The van der Waals surface area contributed by atoms with Gasteiger partial charge in [0, 0.05) is 26.2 Å². The quantitative estimate of drug-likeness (QED) is 0.348. The van der Waals surface area contributed by atoms with Crippen molar-refractivity contribution in [3.8, 4) is 23.0 Å². The maximum absolute atomic E-state index is 12.1. The fourth-order valence-corrected chi connectivity index (χ4v) is 5.31. The first-order chi connectivity index (χ1) is 20.8. The molecule has 2 aliphatic rings. The molecule has 5 rings (SSSR count). The Morgan fingerprint density at radius 1 is 0.674 bits per heavy atom. The van der Waals surface area contributed by atoms with Crippen molar-refractivity contribution in [1.82, 2.24) is 9.80 Å². The van der Waals surface area contributed by atoms with E-state index in [0.717, 1.165) is 54.3 Å². The molecule has 0 fully saturated rings. The standard InChI is InChI=1S/C20H23NO4.C13H17NO4/c1-23-18-10-16-8-9-21(12-17(16)11-19(18)24-2)13-20(22)25-14-15-6-4-3-5-7-15;1-17-11-5-9-3-4-14(8-13(15)16)7-10(9)6-12(11)18-2/h3-7,10-11H,8-9,12-14H2,1-2H3;5-6H,3-4,7-8H2,1-2H3,(H,15,16). The summed E-state index contributed by atoms with van der Waals surface area (Å²) in [5, 5.41) is 8.81. The highest BCUT2D eigenvalue weighted by atomic mass is 16.5. The second-order valence-electron chi connectivity index (χ2n) is 10.4. The molecule has 0 saturated carbocycles. The second kappa shape index (κ2) is 15.3. The lowest BCUT2D eigenvalue weighted by Gasteiger charge is -2.28. The molecular formula is C33H40N2O8. The Hall–Kier alpha value is -4.28. The van der Waals surface area contributed by atoms with E-state index in [2.05, 4.69) is 4.90 Å². The monoisotopic (exact) mass is 592 g/mol. The molecular weight excluding hydrogens is 552 g/mol. The van der Waals surface area contributed by atoms with Gasteiger partial charge >= 0.3 is 11.9 Å². The Morgan fingerprint density at radius 2 is 1.12 bits per heavy atom. The Balaban J connectivity index is 0.000000208. The van der Waals surface area contributed by atoms with E-state index in [1.54, 1.807) is 28.4 Å². The zero-order valence-corrected chi connectivity index (χ0v) is 25.3. The third-order valence-electron chi connectivity index (χ3n) is 7.55. The minimum Gasteiger partial charge on any atom is -0.493 e. The minimum atomic E-state index is -0.793. The predicted octanol–water partition coefficient (Wildman–Crippen LogP) is 3.95. The van der Waals surface area contributed by atoms with Gasteiger partial charge in [-0.1, -0.05) is 30.3 Å². The number of rotatable bonds is 10. The van der Waals surface area contributed by atoms with E-state index < -0.39 is 5.97 Å².